The van der Waals surface area contributed by atoms with E-state index in [-0.39, 0.29) is 16.8 Å². The molecule has 0 aliphatic heterocycles. The van der Waals surface area contributed by atoms with Crippen LogP contribution in [0, 0.1) is 10.1 Å². The molecule has 0 aromatic heterocycles. The van der Waals surface area contributed by atoms with E-state index in [4.69, 9.17) is 5.11 Å². The zero-order valence-corrected chi connectivity index (χ0v) is 8.01. The van der Waals surface area contributed by atoms with Gasteiger partial charge in [-0.15, -0.1) is 0 Å². The number of nitro groups is 1. The number of allylic oxidation sites excluding steroid dienone is 1. The van der Waals surface area contributed by atoms with Crippen LogP contribution in [0.4, 0.5) is 5.69 Å². The first-order valence-electron chi connectivity index (χ1n) is 4.21. The second-order valence-corrected chi connectivity index (χ2v) is 2.78. The minimum absolute atomic E-state index is 0.0673. The van der Waals surface area contributed by atoms with Crippen molar-refractivity contribution in [3.8, 4) is 0 Å². The lowest BCUT2D eigenvalue weighted by molar-refractivity contribution is -0.385. The quantitative estimate of drug-likeness (QED) is 0.467. The van der Waals surface area contributed by atoms with Gasteiger partial charge < -0.3 is 5.11 Å². The third-order valence-electron chi connectivity index (χ3n) is 1.91. The molecule has 0 atom stereocenters. The molecule has 78 valence electrons. The second-order valence-electron chi connectivity index (χ2n) is 2.78. The smallest absolute Gasteiger partial charge is 0.336 e. The summed E-state index contributed by atoms with van der Waals surface area (Å²) in [6.07, 6.45) is 1.34. The first-order valence-corrected chi connectivity index (χ1v) is 4.21. The fourth-order valence-electron chi connectivity index (χ4n) is 1.25. The number of para-hydroxylation sites is 1. The van der Waals surface area contributed by atoms with Crippen molar-refractivity contribution in [2.24, 2.45) is 0 Å². The van der Waals surface area contributed by atoms with Crippen LogP contribution in [0.3, 0.4) is 0 Å². The van der Waals surface area contributed by atoms with Gasteiger partial charge in [0.15, 0.2) is 0 Å². The van der Waals surface area contributed by atoms with E-state index in [1.165, 1.54) is 31.2 Å². The fraction of sp³-hybridized carbons (Fsp3) is 0.100. The molecule has 0 aliphatic carbocycles. The van der Waals surface area contributed by atoms with E-state index in [2.05, 4.69) is 0 Å². The molecule has 0 saturated carbocycles. The van der Waals surface area contributed by atoms with Gasteiger partial charge in [-0.3, -0.25) is 10.1 Å². The Kier molecular flexibility index (Phi) is 3.17. The number of carboxylic acids is 1. The van der Waals surface area contributed by atoms with Crippen LogP contribution in [-0.2, 0) is 4.79 Å². The molecule has 0 radical (unpaired) electrons. The highest BCUT2D eigenvalue weighted by molar-refractivity contribution is 6.16. The van der Waals surface area contributed by atoms with Gasteiger partial charge in [0.25, 0.3) is 5.69 Å². The third kappa shape index (κ3) is 2.19. The second kappa shape index (κ2) is 4.36. The van der Waals surface area contributed by atoms with Crippen molar-refractivity contribution in [2.75, 3.05) is 0 Å². The third-order valence-corrected chi connectivity index (χ3v) is 1.91. The molecule has 15 heavy (non-hydrogen) atoms. The van der Waals surface area contributed by atoms with Crippen molar-refractivity contribution >= 4 is 17.2 Å². The van der Waals surface area contributed by atoms with E-state index < -0.39 is 10.9 Å². The van der Waals surface area contributed by atoms with Gasteiger partial charge in [-0.2, -0.15) is 0 Å². The van der Waals surface area contributed by atoms with Gasteiger partial charge >= 0.3 is 5.97 Å². The van der Waals surface area contributed by atoms with Crippen molar-refractivity contribution in [1.82, 2.24) is 0 Å². The number of carbonyl (C=O) groups is 1. The summed E-state index contributed by atoms with van der Waals surface area (Å²) in [6, 6.07) is 5.76. The maximum Gasteiger partial charge on any atom is 0.336 e. The highest BCUT2D eigenvalue weighted by Gasteiger charge is 2.19. The van der Waals surface area contributed by atoms with E-state index in [1.54, 1.807) is 6.07 Å². The zero-order valence-electron chi connectivity index (χ0n) is 8.01. The highest BCUT2D eigenvalue weighted by Crippen LogP contribution is 2.25. The zero-order chi connectivity index (χ0) is 11.4. The van der Waals surface area contributed by atoms with Gasteiger partial charge in [0, 0.05) is 6.07 Å². The topological polar surface area (TPSA) is 80.4 Å². The number of carboxylic acid groups (broad SMARTS) is 1. The highest BCUT2D eigenvalue weighted by atomic mass is 16.6. The lowest BCUT2D eigenvalue weighted by Gasteiger charge is -2.02. The predicted molar refractivity (Wildman–Crippen MR) is 54.4 cm³/mol. The van der Waals surface area contributed by atoms with Crippen molar-refractivity contribution < 1.29 is 14.8 Å². The fourth-order valence-corrected chi connectivity index (χ4v) is 1.25. The Morgan fingerprint density at radius 1 is 1.47 bits per heavy atom. The first-order chi connectivity index (χ1) is 7.07. The van der Waals surface area contributed by atoms with Gasteiger partial charge in [-0.25, -0.2) is 4.79 Å². The minimum atomic E-state index is -1.17. The van der Waals surface area contributed by atoms with Crippen LogP contribution in [0.25, 0.3) is 5.57 Å². The summed E-state index contributed by atoms with van der Waals surface area (Å²) in [6.45, 7) is 1.53. The summed E-state index contributed by atoms with van der Waals surface area (Å²) in [4.78, 5) is 20.9. The first kappa shape index (κ1) is 10.9. The molecule has 0 bridgehead atoms. The summed E-state index contributed by atoms with van der Waals surface area (Å²) in [5, 5.41) is 19.5. The molecular weight excluding hydrogens is 198 g/mol. The Bertz CT molecular complexity index is 437. The number of benzene rings is 1. The molecule has 0 spiro atoms. The van der Waals surface area contributed by atoms with E-state index in [0.29, 0.717) is 0 Å². The normalized spacial score (nSPS) is 11.1. The molecule has 1 rings (SSSR count). The van der Waals surface area contributed by atoms with E-state index in [0.717, 1.165) is 0 Å². The summed E-state index contributed by atoms with van der Waals surface area (Å²) < 4.78 is 0. The number of rotatable bonds is 3. The minimum Gasteiger partial charge on any atom is -0.478 e. The molecule has 0 amide bonds. The molecule has 0 unspecified atom stereocenters. The van der Waals surface area contributed by atoms with Crippen LogP contribution in [0.15, 0.2) is 30.3 Å². The van der Waals surface area contributed by atoms with E-state index in [1.807, 2.05) is 0 Å². The van der Waals surface area contributed by atoms with Crippen LogP contribution < -0.4 is 0 Å². The molecule has 1 N–H and O–H groups in total. The number of aliphatic carboxylic acids is 1. The number of nitrogens with zero attached hydrogens (tertiary/aromatic N) is 1. The Morgan fingerprint density at radius 3 is 2.53 bits per heavy atom. The van der Waals surface area contributed by atoms with Crippen molar-refractivity contribution in [3.63, 3.8) is 0 Å². The van der Waals surface area contributed by atoms with Crippen molar-refractivity contribution in [2.45, 2.75) is 6.92 Å². The van der Waals surface area contributed by atoms with Crippen LogP contribution >= 0.6 is 0 Å². The van der Waals surface area contributed by atoms with Crippen molar-refractivity contribution in [1.29, 1.82) is 0 Å². The molecule has 5 nitrogen and oxygen atoms in total. The molecule has 1 aromatic rings. The Balaban J connectivity index is 3.36. The number of hydrogen-bond donors (Lipinski definition) is 1. The Morgan fingerprint density at radius 2 is 2.07 bits per heavy atom. The molecule has 5 heteroatoms. The molecule has 0 fully saturated rings. The lowest BCUT2D eigenvalue weighted by atomic mass is 10.0. The predicted octanol–water partition coefficient (Wildman–Crippen LogP) is 2.08. The van der Waals surface area contributed by atoms with Crippen molar-refractivity contribution in [3.05, 3.63) is 46.0 Å². The van der Waals surface area contributed by atoms with Gasteiger partial charge in [0.1, 0.15) is 0 Å². The molecule has 1 aromatic carbocycles. The lowest BCUT2D eigenvalue weighted by Crippen LogP contribution is -2.02. The molecule has 0 saturated heterocycles. The Hall–Kier alpha value is -2.17. The van der Waals surface area contributed by atoms with E-state index >= 15 is 0 Å². The monoisotopic (exact) mass is 207 g/mol. The van der Waals surface area contributed by atoms with Gasteiger partial charge in [0.05, 0.1) is 16.1 Å². The largest absolute Gasteiger partial charge is 0.478 e. The Labute approximate surface area is 85.8 Å². The van der Waals surface area contributed by atoms with Gasteiger partial charge in [0.2, 0.25) is 0 Å². The molecule has 0 aliphatic rings. The van der Waals surface area contributed by atoms with Crippen LogP contribution in [-0.4, -0.2) is 16.0 Å². The summed E-state index contributed by atoms with van der Waals surface area (Å²) in [5.41, 5.74) is -0.146. The van der Waals surface area contributed by atoms with Gasteiger partial charge in [-0.05, 0) is 13.0 Å². The summed E-state index contributed by atoms with van der Waals surface area (Å²) in [7, 11) is 0. The average Bonchev–Trinajstić information content (AvgIpc) is 2.18. The van der Waals surface area contributed by atoms with Crippen LogP contribution in [0.5, 0.6) is 0 Å². The maximum atomic E-state index is 10.8. The standard InChI is InChI=1S/C10H9NO4/c1-2-7(10(12)13)8-5-3-4-6-9(8)11(14)15/h2-6H,1H3,(H,12,13)/b7-2+. The SMILES string of the molecule is C/C=C(/C(=O)O)c1ccccc1[N+](=O)[O-]. The van der Waals surface area contributed by atoms with E-state index in [9.17, 15) is 14.9 Å². The maximum absolute atomic E-state index is 10.8. The number of hydrogen-bond acceptors (Lipinski definition) is 3. The average molecular weight is 207 g/mol. The molecular formula is C10H9NO4. The van der Waals surface area contributed by atoms with Gasteiger partial charge in [-0.1, -0.05) is 18.2 Å². The summed E-state index contributed by atoms with van der Waals surface area (Å²) >= 11 is 0. The molecule has 0 heterocycles. The number of nitro benzene ring substituents is 1. The summed E-state index contributed by atoms with van der Waals surface area (Å²) in [5.74, 6) is -1.17. The van der Waals surface area contributed by atoms with Crippen LogP contribution in [0.2, 0.25) is 0 Å². The van der Waals surface area contributed by atoms with Crippen LogP contribution in [0.1, 0.15) is 12.5 Å².